The van der Waals surface area contributed by atoms with Crippen molar-refractivity contribution in [3.63, 3.8) is 0 Å². The van der Waals surface area contributed by atoms with Crippen LogP contribution in [-0.2, 0) is 17.8 Å². The Kier molecular flexibility index (Phi) is 6.36. The summed E-state index contributed by atoms with van der Waals surface area (Å²) in [7, 11) is 3.23. The molecule has 0 spiro atoms. The molecule has 5 nitrogen and oxygen atoms in total. The Labute approximate surface area is 155 Å². The van der Waals surface area contributed by atoms with Crippen molar-refractivity contribution in [3.8, 4) is 17.2 Å². The maximum Gasteiger partial charge on any atom is 0.160 e. The lowest BCUT2D eigenvalue weighted by atomic mass is 10.1. The lowest BCUT2D eigenvalue weighted by molar-refractivity contribution is 0.0679. The topological polar surface area (TPSA) is 51.2 Å². The van der Waals surface area contributed by atoms with Gasteiger partial charge in [-0.15, -0.1) is 0 Å². The molecule has 5 heteroatoms. The van der Waals surface area contributed by atoms with Gasteiger partial charge in [0.05, 0.1) is 20.3 Å². The quantitative estimate of drug-likeness (QED) is 0.782. The highest BCUT2D eigenvalue weighted by Crippen LogP contribution is 2.27. The number of benzene rings is 2. The molecule has 0 saturated carbocycles. The number of hydrogen-bond acceptors (Lipinski definition) is 5. The number of methoxy groups -OCH3 is 2. The van der Waals surface area contributed by atoms with Crippen molar-refractivity contribution in [2.24, 2.45) is 0 Å². The lowest BCUT2D eigenvalue weighted by Crippen LogP contribution is -2.31. The van der Waals surface area contributed by atoms with Gasteiger partial charge in [-0.25, -0.2) is 0 Å². The zero-order valence-electron chi connectivity index (χ0n) is 15.5. The third kappa shape index (κ3) is 4.90. The minimum Gasteiger partial charge on any atom is -0.504 e. The Morgan fingerprint density at radius 2 is 1.77 bits per heavy atom. The highest BCUT2D eigenvalue weighted by Gasteiger charge is 2.20. The molecular formula is C21H27NO4. The number of nitrogens with zero attached hydrogens (tertiary/aromatic N) is 1. The fourth-order valence-electron chi connectivity index (χ4n) is 3.34. The number of phenols is 1. The fraction of sp³-hybridized carbons (Fsp3) is 0.429. The molecule has 0 aliphatic carbocycles. The summed E-state index contributed by atoms with van der Waals surface area (Å²) in [5.74, 6) is 1.53. The van der Waals surface area contributed by atoms with Crippen molar-refractivity contribution in [3.05, 3.63) is 53.6 Å². The highest BCUT2D eigenvalue weighted by molar-refractivity contribution is 5.41. The summed E-state index contributed by atoms with van der Waals surface area (Å²) >= 11 is 0. The van der Waals surface area contributed by atoms with Crippen LogP contribution in [0.2, 0.25) is 0 Å². The normalized spacial score (nSPS) is 16.8. The second-order valence-corrected chi connectivity index (χ2v) is 6.66. The molecule has 0 amide bonds. The average molecular weight is 357 g/mol. The molecule has 1 aliphatic heterocycles. The van der Waals surface area contributed by atoms with Gasteiger partial charge in [0.15, 0.2) is 11.5 Å². The zero-order valence-corrected chi connectivity index (χ0v) is 15.5. The summed E-state index contributed by atoms with van der Waals surface area (Å²) in [6, 6.07) is 13.7. The maximum absolute atomic E-state index is 10.1. The van der Waals surface area contributed by atoms with Crippen LogP contribution in [0.25, 0.3) is 0 Å². The van der Waals surface area contributed by atoms with Crippen LogP contribution in [0, 0.1) is 0 Å². The van der Waals surface area contributed by atoms with Gasteiger partial charge in [0.2, 0.25) is 0 Å². The van der Waals surface area contributed by atoms with E-state index in [2.05, 4.69) is 17.0 Å². The number of ether oxygens (including phenoxy) is 3. The third-order valence-corrected chi connectivity index (χ3v) is 4.70. The maximum atomic E-state index is 10.1. The van der Waals surface area contributed by atoms with Crippen molar-refractivity contribution in [1.82, 2.24) is 4.90 Å². The van der Waals surface area contributed by atoms with Gasteiger partial charge in [0.25, 0.3) is 0 Å². The number of hydrogen-bond donors (Lipinski definition) is 1. The molecule has 1 heterocycles. The van der Waals surface area contributed by atoms with Gasteiger partial charge in [-0.3, -0.25) is 4.90 Å². The van der Waals surface area contributed by atoms with E-state index in [1.165, 1.54) is 5.56 Å². The van der Waals surface area contributed by atoms with Crippen LogP contribution < -0.4 is 9.47 Å². The number of aromatic hydroxyl groups is 1. The molecule has 1 aliphatic rings. The molecule has 1 N–H and O–H groups in total. The first-order chi connectivity index (χ1) is 12.7. The van der Waals surface area contributed by atoms with Crippen molar-refractivity contribution in [2.45, 2.75) is 32.0 Å². The van der Waals surface area contributed by atoms with Crippen LogP contribution in [0.15, 0.2) is 42.5 Å². The molecular weight excluding hydrogens is 330 g/mol. The fourth-order valence-corrected chi connectivity index (χ4v) is 3.34. The Hall–Kier alpha value is -2.24. The predicted molar refractivity (Wildman–Crippen MR) is 101 cm³/mol. The summed E-state index contributed by atoms with van der Waals surface area (Å²) in [6.07, 6.45) is 2.51. The van der Waals surface area contributed by atoms with Crippen LogP contribution in [-0.4, -0.2) is 43.5 Å². The first-order valence-electron chi connectivity index (χ1n) is 9.00. The number of phenolic OH excluding ortho intramolecular Hbond substituents is 1. The minimum atomic E-state index is 0.173. The average Bonchev–Trinajstić information content (AvgIpc) is 3.15. The third-order valence-electron chi connectivity index (χ3n) is 4.70. The molecule has 2 aromatic carbocycles. The second kappa shape index (κ2) is 8.92. The molecule has 1 atom stereocenters. The largest absolute Gasteiger partial charge is 0.504 e. The van der Waals surface area contributed by atoms with Crippen molar-refractivity contribution >= 4 is 0 Å². The molecule has 1 fully saturated rings. The molecule has 0 radical (unpaired) electrons. The van der Waals surface area contributed by atoms with Crippen molar-refractivity contribution in [1.29, 1.82) is 0 Å². The van der Waals surface area contributed by atoms with Crippen molar-refractivity contribution < 1.29 is 19.3 Å². The molecule has 0 aromatic heterocycles. The Bertz CT molecular complexity index is 696. The van der Waals surface area contributed by atoms with Crippen molar-refractivity contribution in [2.75, 3.05) is 27.4 Å². The molecule has 1 unspecified atom stereocenters. The monoisotopic (exact) mass is 357 g/mol. The summed E-state index contributed by atoms with van der Waals surface area (Å²) in [6.45, 7) is 3.28. The summed E-state index contributed by atoms with van der Waals surface area (Å²) in [5, 5.41) is 10.1. The molecule has 0 bridgehead atoms. The van der Waals surface area contributed by atoms with Gasteiger partial charge in [-0.05, 0) is 48.2 Å². The predicted octanol–water partition coefficient (Wildman–Crippen LogP) is 3.59. The highest BCUT2D eigenvalue weighted by atomic mass is 16.5. The Morgan fingerprint density at radius 3 is 2.38 bits per heavy atom. The Balaban J connectivity index is 1.72. The molecule has 26 heavy (non-hydrogen) atoms. The van der Waals surface area contributed by atoms with E-state index in [-0.39, 0.29) is 11.9 Å². The minimum absolute atomic E-state index is 0.173. The first-order valence-corrected chi connectivity index (χ1v) is 9.00. The standard InChI is InChI=1S/C21H27NO4/c1-24-18-8-5-16(6-9-18)13-22(15-19-4-3-11-26-19)14-17-7-10-21(25-2)20(23)12-17/h5-10,12,19,23H,3-4,11,13-15H2,1-2H3. The molecule has 3 rings (SSSR count). The van der Waals surface area contributed by atoms with E-state index in [9.17, 15) is 5.11 Å². The van der Waals surface area contributed by atoms with E-state index >= 15 is 0 Å². The van der Waals surface area contributed by atoms with Gasteiger partial charge in [-0.1, -0.05) is 18.2 Å². The van der Waals surface area contributed by atoms with Gasteiger partial charge < -0.3 is 19.3 Å². The molecule has 140 valence electrons. The van der Waals surface area contributed by atoms with Crippen LogP contribution in [0.4, 0.5) is 0 Å². The summed E-state index contributed by atoms with van der Waals surface area (Å²) in [5.41, 5.74) is 2.27. The van der Waals surface area contributed by atoms with Gasteiger partial charge in [0, 0.05) is 26.2 Å². The Morgan fingerprint density at radius 1 is 1.04 bits per heavy atom. The SMILES string of the molecule is COc1ccc(CN(Cc2ccc(OC)c(O)c2)CC2CCCO2)cc1. The zero-order chi connectivity index (χ0) is 18.4. The molecule has 1 saturated heterocycles. The lowest BCUT2D eigenvalue weighted by Gasteiger charge is -2.25. The summed E-state index contributed by atoms with van der Waals surface area (Å²) in [4.78, 5) is 2.36. The van der Waals surface area contributed by atoms with E-state index in [1.807, 2.05) is 24.3 Å². The van der Waals surface area contributed by atoms with Crippen LogP contribution in [0.1, 0.15) is 24.0 Å². The van der Waals surface area contributed by atoms with E-state index in [1.54, 1.807) is 20.3 Å². The molecule has 2 aromatic rings. The van der Waals surface area contributed by atoms with E-state index < -0.39 is 0 Å². The second-order valence-electron chi connectivity index (χ2n) is 6.66. The van der Waals surface area contributed by atoms with E-state index in [4.69, 9.17) is 14.2 Å². The van der Waals surface area contributed by atoms with Gasteiger partial charge in [-0.2, -0.15) is 0 Å². The smallest absolute Gasteiger partial charge is 0.160 e. The first kappa shape index (κ1) is 18.5. The van der Waals surface area contributed by atoms with Gasteiger partial charge in [0.1, 0.15) is 5.75 Å². The summed E-state index contributed by atoms with van der Waals surface area (Å²) < 4.78 is 16.2. The van der Waals surface area contributed by atoms with E-state index in [0.29, 0.717) is 5.75 Å². The number of rotatable bonds is 8. The van der Waals surface area contributed by atoms with Crippen LogP contribution in [0.3, 0.4) is 0 Å². The van der Waals surface area contributed by atoms with Crippen LogP contribution >= 0.6 is 0 Å². The van der Waals surface area contributed by atoms with E-state index in [0.717, 1.165) is 50.4 Å². The van der Waals surface area contributed by atoms with Crippen LogP contribution in [0.5, 0.6) is 17.2 Å². The van der Waals surface area contributed by atoms with Gasteiger partial charge >= 0.3 is 0 Å².